The Morgan fingerprint density at radius 3 is 2.88 bits per heavy atom. The van der Waals surface area contributed by atoms with Crippen LogP contribution in [0.25, 0.3) is 11.0 Å². The third kappa shape index (κ3) is 2.11. The van der Waals surface area contributed by atoms with Gasteiger partial charge in [0.15, 0.2) is 11.6 Å². The number of nitrogens with one attached hydrogen (secondary N) is 1. The van der Waals surface area contributed by atoms with Crippen LogP contribution >= 0.6 is 0 Å². The zero-order valence-corrected chi connectivity index (χ0v) is 9.00. The second-order valence-electron chi connectivity index (χ2n) is 3.88. The summed E-state index contributed by atoms with van der Waals surface area (Å²) >= 11 is 0. The fourth-order valence-corrected chi connectivity index (χ4v) is 1.63. The van der Waals surface area contributed by atoms with Crippen molar-refractivity contribution in [3.63, 3.8) is 0 Å². The summed E-state index contributed by atoms with van der Waals surface area (Å²) in [7, 11) is 0. The van der Waals surface area contributed by atoms with E-state index in [1.807, 2.05) is 0 Å². The first-order chi connectivity index (χ1) is 7.99. The van der Waals surface area contributed by atoms with E-state index in [4.69, 9.17) is 5.11 Å². The maximum Gasteiger partial charge on any atom is 0.304 e. The van der Waals surface area contributed by atoms with Crippen LogP contribution in [0.3, 0.4) is 0 Å². The molecule has 0 saturated heterocycles. The van der Waals surface area contributed by atoms with Gasteiger partial charge in [0.25, 0.3) is 0 Å². The van der Waals surface area contributed by atoms with Gasteiger partial charge in [-0.05, 0) is 12.1 Å². The fraction of sp³-hybridized carbons (Fsp3) is 0.273. The van der Waals surface area contributed by atoms with E-state index in [-0.39, 0.29) is 17.9 Å². The van der Waals surface area contributed by atoms with Crippen molar-refractivity contribution < 1.29 is 18.7 Å². The molecule has 6 heteroatoms. The number of benzene rings is 1. The summed E-state index contributed by atoms with van der Waals surface area (Å²) in [5.41, 5.74) is 0.258. The van der Waals surface area contributed by atoms with Gasteiger partial charge in [0.1, 0.15) is 11.3 Å². The number of hydrogen-bond acceptors (Lipinski definition) is 2. The van der Waals surface area contributed by atoms with Gasteiger partial charge >= 0.3 is 5.97 Å². The first-order valence-corrected chi connectivity index (χ1v) is 5.04. The lowest BCUT2D eigenvalue weighted by Gasteiger charge is -2.03. The summed E-state index contributed by atoms with van der Waals surface area (Å²) < 4.78 is 26.3. The second kappa shape index (κ2) is 4.12. The van der Waals surface area contributed by atoms with Gasteiger partial charge in [0, 0.05) is 5.92 Å². The molecule has 1 aromatic carbocycles. The lowest BCUT2D eigenvalue weighted by atomic mass is 10.1. The first kappa shape index (κ1) is 11.5. The summed E-state index contributed by atoms with van der Waals surface area (Å²) in [6.45, 7) is 1.65. The van der Waals surface area contributed by atoms with Gasteiger partial charge in [-0.1, -0.05) is 6.92 Å². The quantitative estimate of drug-likeness (QED) is 0.865. The molecule has 4 nitrogen and oxygen atoms in total. The minimum atomic E-state index is -1.02. The molecule has 0 aliphatic carbocycles. The van der Waals surface area contributed by atoms with Crippen LogP contribution in [0.5, 0.6) is 0 Å². The highest BCUT2D eigenvalue weighted by molar-refractivity contribution is 5.76. The zero-order valence-electron chi connectivity index (χ0n) is 9.00. The van der Waals surface area contributed by atoms with Crippen molar-refractivity contribution >= 4 is 17.0 Å². The highest BCUT2D eigenvalue weighted by Crippen LogP contribution is 2.23. The maximum absolute atomic E-state index is 13.4. The minimum Gasteiger partial charge on any atom is -0.481 e. The van der Waals surface area contributed by atoms with Gasteiger partial charge in [-0.3, -0.25) is 4.79 Å². The lowest BCUT2D eigenvalue weighted by Crippen LogP contribution is -2.04. The summed E-state index contributed by atoms with van der Waals surface area (Å²) in [6.07, 6.45) is -0.121. The SMILES string of the molecule is CC(CC(=O)O)c1nc2c(F)c(F)ccc2[nH]1. The standard InChI is InChI=1S/C11H10F2N2O2/c1-5(4-8(16)17)11-14-7-3-2-6(12)9(13)10(7)15-11/h2-3,5H,4H2,1H3,(H,14,15)(H,16,17). The number of nitrogens with zero attached hydrogens (tertiary/aromatic N) is 1. The van der Waals surface area contributed by atoms with Crippen LogP contribution < -0.4 is 0 Å². The largest absolute Gasteiger partial charge is 0.481 e. The number of hydrogen-bond donors (Lipinski definition) is 2. The predicted octanol–water partition coefficient (Wildman–Crippen LogP) is 2.42. The van der Waals surface area contributed by atoms with Crippen molar-refractivity contribution in [1.82, 2.24) is 9.97 Å². The number of carboxylic acid groups (broad SMARTS) is 1. The van der Waals surface area contributed by atoms with Crippen molar-refractivity contribution in [2.45, 2.75) is 19.3 Å². The molecule has 0 spiro atoms. The molecule has 0 amide bonds. The molecule has 0 aliphatic heterocycles. The summed E-state index contributed by atoms with van der Waals surface area (Å²) in [6, 6.07) is 2.37. The molecule has 2 N–H and O–H groups in total. The highest BCUT2D eigenvalue weighted by Gasteiger charge is 2.17. The Morgan fingerprint density at radius 1 is 1.53 bits per heavy atom. The molecule has 0 radical (unpaired) electrons. The molecule has 1 aromatic heterocycles. The Hall–Kier alpha value is -1.98. The van der Waals surface area contributed by atoms with E-state index in [2.05, 4.69) is 9.97 Å². The molecule has 17 heavy (non-hydrogen) atoms. The predicted molar refractivity (Wildman–Crippen MR) is 56.7 cm³/mol. The number of halogens is 2. The van der Waals surface area contributed by atoms with E-state index in [0.29, 0.717) is 11.3 Å². The molecule has 0 bridgehead atoms. The Balaban J connectivity index is 2.44. The molecule has 1 heterocycles. The van der Waals surface area contributed by atoms with Crippen LogP contribution in [-0.4, -0.2) is 21.0 Å². The zero-order chi connectivity index (χ0) is 12.6. The maximum atomic E-state index is 13.4. The van der Waals surface area contributed by atoms with E-state index in [1.165, 1.54) is 6.07 Å². The Labute approximate surface area is 95.3 Å². The van der Waals surface area contributed by atoms with Crippen LogP contribution in [0.1, 0.15) is 25.1 Å². The number of imidazole rings is 1. The van der Waals surface area contributed by atoms with Gasteiger partial charge in [-0.15, -0.1) is 0 Å². The van der Waals surface area contributed by atoms with Crippen molar-refractivity contribution in [3.05, 3.63) is 29.6 Å². The summed E-state index contributed by atoms with van der Waals surface area (Å²) in [5, 5.41) is 8.64. The Morgan fingerprint density at radius 2 is 2.24 bits per heavy atom. The Bertz CT molecular complexity index is 580. The van der Waals surface area contributed by atoms with Gasteiger partial charge < -0.3 is 10.1 Å². The molecule has 0 saturated carbocycles. The van der Waals surface area contributed by atoms with Crippen LogP contribution in [0.2, 0.25) is 0 Å². The number of carboxylic acids is 1. The monoisotopic (exact) mass is 240 g/mol. The smallest absolute Gasteiger partial charge is 0.304 e. The van der Waals surface area contributed by atoms with Crippen molar-refractivity contribution in [2.75, 3.05) is 0 Å². The molecule has 0 aliphatic rings. The molecule has 1 atom stereocenters. The Kier molecular flexibility index (Phi) is 2.79. The van der Waals surface area contributed by atoms with Crippen molar-refractivity contribution in [2.24, 2.45) is 0 Å². The average Bonchev–Trinajstić information content (AvgIpc) is 2.67. The number of carbonyl (C=O) groups is 1. The van der Waals surface area contributed by atoms with Gasteiger partial charge in [0.05, 0.1) is 11.9 Å². The first-order valence-electron chi connectivity index (χ1n) is 5.04. The summed E-state index contributed by atoms with van der Waals surface area (Å²) in [5.74, 6) is -3.01. The normalized spacial score (nSPS) is 12.9. The second-order valence-corrected chi connectivity index (χ2v) is 3.88. The molecule has 2 aromatic rings. The van der Waals surface area contributed by atoms with Crippen LogP contribution in [0.15, 0.2) is 12.1 Å². The number of H-pyrrole nitrogens is 1. The topological polar surface area (TPSA) is 66.0 Å². The lowest BCUT2D eigenvalue weighted by molar-refractivity contribution is -0.137. The molecular formula is C11H10F2N2O2. The summed E-state index contributed by atoms with van der Waals surface area (Å²) in [4.78, 5) is 17.2. The number of rotatable bonds is 3. The minimum absolute atomic E-state index is 0.0998. The number of aliphatic carboxylic acids is 1. The van der Waals surface area contributed by atoms with Gasteiger partial charge in [-0.2, -0.15) is 0 Å². The van der Waals surface area contributed by atoms with E-state index in [0.717, 1.165) is 6.07 Å². The molecule has 0 fully saturated rings. The molecule has 2 rings (SSSR count). The fourth-order valence-electron chi connectivity index (χ4n) is 1.63. The number of aromatic amines is 1. The highest BCUT2D eigenvalue weighted by atomic mass is 19.2. The van der Waals surface area contributed by atoms with Gasteiger partial charge in [-0.25, -0.2) is 13.8 Å². The molecule has 90 valence electrons. The third-order valence-electron chi connectivity index (χ3n) is 2.51. The average molecular weight is 240 g/mol. The van der Waals surface area contributed by atoms with Gasteiger partial charge in [0.2, 0.25) is 0 Å². The number of fused-ring (bicyclic) bond motifs is 1. The van der Waals surface area contributed by atoms with Crippen LogP contribution in [0.4, 0.5) is 8.78 Å². The van der Waals surface area contributed by atoms with Crippen LogP contribution in [0, 0.1) is 11.6 Å². The number of aromatic nitrogens is 2. The van der Waals surface area contributed by atoms with Crippen molar-refractivity contribution in [3.8, 4) is 0 Å². The molecular weight excluding hydrogens is 230 g/mol. The van der Waals surface area contributed by atoms with E-state index in [9.17, 15) is 13.6 Å². The third-order valence-corrected chi connectivity index (χ3v) is 2.51. The molecule has 1 unspecified atom stereocenters. The van der Waals surface area contributed by atoms with E-state index >= 15 is 0 Å². The van der Waals surface area contributed by atoms with Crippen LogP contribution in [-0.2, 0) is 4.79 Å². The van der Waals surface area contributed by atoms with E-state index in [1.54, 1.807) is 6.92 Å². The van der Waals surface area contributed by atoms with Crippen molar-refractivity contribution in [1.29, 1.82) is 0 Å². The van der Waals surface area contributed by atoms with E-state index < -0.39 is 17.6 Å².